The van der Waals surface area contributed by atoms with Crippen LogP contribution in [0.15, 0.2) is 48.5 Å². The molecule has 0 spiro atoms. The average Bonchev–Trinajstić information content (AvgIpc) is 2.79. The molecule has 1 atom stereocenters. The highest BCUT2D eigenvalue weighted by Crippen LogP contribution is 2.24. The smallest absolute Gasteiger partial charge is 0.408 e. The Morgan fingerprint density at radius 2 is 1.77 bits per heavy atom. The summed E-state index contributed by atoms with van der Waals surface area (Å²) in [7, 11) is 3.06. The molecule has 0 bridgehead atoms. The number of carboxylic acids is 1. The number of hydrogen-bond donors (Lipinski definition) is 3. The molecule has 2 aromatic carbocycles. The summed E-state index contributed by atoms with van der Waals surface area (Å²) in [5.41, 5.74) is 1.52. The van der Waals surface area contributed by atoms with E-state index in [4.69, 9.17) is 14.2 Å². The van der Waals surface area contributed by atoms with Crippen molar-refractivity contribution in [2.75, 3.05) is 14.2 Å². The van der Waals surface area contributed by atoms with Crippen LogP contribution in [0.1, 0.15) is 24.0 Å². The molecule has 0 fully saturated rings. The minimum Gasteiger partial charge on any atom is -0.497 e. The monoisotopic (exact) mass is 430 g/mol. The molecule has 0 saturated carbocycles. The predicted octanol–water partition coefficient (Wildman–Crippen LogP) is 2.48. The average molecular weight is 430 g/mol. The molecule has 0 unspecified atom stereocenters. The zero-order valence-corrected chi connectivity index (χ0v) is 17.4. The van der Waals surface area contributed by atoms with Gasteiger partial charge in [0.25, 0.3) is 0 Å². The summed E-state index contributed by atoms with van der Waals surface area (Å²) in [6.45, 7) is 0.222. The van der Waals surface area contributed by atoms with E-state index in [0.29, 0.717) is 11.5 Å². The van der Waals surface area contributed by atoms with Crippen LogP contribution in [0.4, 0.5) is 4.79 Å². The number of hydrogen-bond acceptors (Lipinski definition) is 6. The molecular formula is C22H26N2O7. The van der Waals surface area contributed by atoms with Crippen LogP contribution in [-0.2, 0) is 27.5 Å². The summed E-state index contributed by atoms with van der Waals surface area (Å²) in [6.07, 6.45) is -1.03. The van der Waals surface area contributed by atoms with Crippen LogP contribution in [0.3, 0.4) is 0 Å². The first-order chi connectivity index (χ1) is 14.9. The van der Waals surface area contributed by atoms with Crippen LogP contribution < -0.4 is 20.1 Å². The number of carbonyl (C=O) groups is 3. The first kappa shape index (κ1) is 23.5. The second-order valence-corrected chi connectivity index (χ2v) is 6.59. The molecule has 31 heavy (non-hydrogen) atoms. The lowest BCUT2D eigenvalue weighted by molar-refractivity contribution is -0.139. The third-order valence-corrected chi connectivity index (χ3v) is 4.43. The maximum Gasteiger partial charge on any atom is 0.408 e. The fourth-order valence-electron chi connectivity index (χ4n) is 2.72. The van der Waals surface area contributed by atoms with Gasteiger partial charge in [-0.05, 0) is 24.1 Å². The maximum absolute atomic E-state index is 12.1. The Bertz CT molecular complexity index is 887. The third kappa shape index (κ3) is 7.88. The lowest BCUT2D eigenvalue weighted by Gasteiger charge is -2.15. The van der Waals surface area contributed by atoms with Crippen molar-refractivity contribution >= 4 is 18.0 Å². The molecular weight excluding hydrogens is 404 g/mol. The maximum atomic E-state index is 12.1. The second kappa shape index (κ2) is 12.1. The van der Waals surface area contributed by atoms with E-state index >= 15 is 0 Å². The van der Waals surface area contributed by atoms with Gasteiger partial charge in [0.1, 0.15) is 24.1 Å². The Balaban J connectivity index is 1.79. The normalized spacial score (nSPS) is 11.2. The predicted molar refractivity (Wildman–Crippen MR) is 112 cm³/mol. The largest absolute Gasteiger partial charge is 0.497 e. The van der Waals surface area contributed by atoms with E-state index in [1.807, 2.05) is 6.07 Å². The highest BCUT2D eigenvalue weighted by molar-refractivity contribution is 5.81. The molecule has 2 aromatic rings. The van der Waals surface area contributed by atoms with Gasteiger partial charge in [-0.15, -0.1) is 0 Å². The summed E-state index contributed by atoms with van der Waals surface area (Å²) in [5, 5.41) is 14.3. The summed E-state index contributed by atoms with van der Waals surface area (Å²) in [5.74, 6) is -0.419. The number of benzene rings is 2. The molecule has 3 N–H and O–H groups in total. The number of ether oxygens (including phenoxy) is 3. The second-order valence-electron chi connectivity index (χ2n) is 6.59. The summed E-state index contributed by atoms with van der Waals surface area (Å²) in [4.78, 5) is 35.5. The van der Waals surface area contributed by atoms with E-state index in [1.54, 1.807) is 49.6 Å². The van der Waals surface area contributed by atoms with Crippen LogP contribution in [-0.4, -0.2) is 43.3 Å². The van der Waals surface area contributed by atoms with Crippen molar-refractivity contribution < 1.29 is 33.7 Å². The Morgan fingerprint density at radius 3 is 2.42 bits per heavy atom. The first-order valence-electron chi connectivity index (χ1n) is 9.60. The van der Waals surface area contributed by atoms with Crippen LogP contribution in [0, 0.1) is 0 Å². The first-order valence-corrected chi connectivity index (χ1v) is 9.60. The zero-order valence-electron chi connectivity index (χ0n) is 17.4. The Labute approximate surface area is 180 Å². The van der Waals surface area contributed by atoms with Gasteiger partial charge in [0.05, 0.1) is 14.2 Å². The molecule has 2 rings (SSSR count). The topological polar surface area (TPSA) is 123 Å². The number of alkyl carbamates (subject to hydrolysis) is 1. The van der Waals surface area contributed by atoms with Crippen LogP contribution >= 0.6 is 0 Å². The quantitative estimate of drug-likeness (QED) is 0.500. The van der Waals surface area contributed by atoms with Crippen molar-refractivity contribution in [3.05, 3.63) is 59.7 Å². The fourth-order valence-corrected chi connectivity index (χ4v) is 2.72. The molecule has 9 heteroatoms. The molecule has 0 aliphatic heterocycles. The highest BCUT2D eigenvalue weighted by atomic mass is 16.5. The van der Waals surface area contributed by atoms with E-state index in [1.165, 1.54) is 7.11 Å². The molecule has 0 radical (unpaired) electrons. The van der Waals surface area contributed by atoms with E-state index in [0.717, 1.165) is 11.1 Å². The van der Waals surface area contributed by atoms with E-state index < -0.39 is 18.1 Å². The molecule has 0 saturated heterocycles. The van der Waals surface area contributed by atoms with Gasteiger partial charge in [0.2, 0.25) is 5.91 Å². The van der Waals surface area contributed by atoms with Gasteiger partial charge in [-0.2, -0.15) is 0 Å². The van der Waals surface area contributed by atoms with E-state index in [2.05, 4.69) is 10.6 Å². The number of carbonyl (C=O) groups excluding carboxylic acids is 2. The van der Waals surface area contributed by atoms with Gasteiger partial charge in [0, 0.05) is 24.6 Å². The lowest BCUT2D eigenvalue weighted by Crippen LogP contribution is -2.41. The molecule has 0 aliphatic carbocycles. The van der Waals surface area contributed by atoms with Gasteiger partial charge in [-0.1, -0.05) is 30.3 Å². The number of rotatable bonds is 11. The Morgan fingerprint density at radius 1 is 1.03 bits per heavy atom. The van der Waals surface area contributed by atoms with Crippen molar-refractivity contribution in [2.24, 2.45) is 0 Å². The minimum atomic E-state index is -1.25. The molecule has 0 aromatic heterocycles. The van der Waals surface area contributed by atoms with Gasteiger partial charge in [0.15, 0.2) is 0 Å². The van der Waals surface area contributed by atoms with Gasteiger partial charge >= 0.3 is 12.1 Å². The van der Waals surface area contributed by atoms with Gasteiger partial charge in [-0.25, -0.2) is 9.59 Å². The third-order valence-electron chi connectivity index (χ3n) is 4.43. The fraction of sp³-hybridized carbons (Fsp3) is 0.318. The molecule has 2 amide bonds. The molecule has 0 aliphatic rings. The van der Waals surface area contributed by atoms with Crippen molar-refractivity contribution in [1.82, 2.24) is 10.6 Å². The number of carboxylic acid groups (broad SMARTS) is 1. The van der Waals surface area contributed by atoms with Crippen LogP contribution in [0.2, 0.25) is 0 Å². The lowest BCUT2D eigenvalue weighted by atomic mass is 10.1. The summed E-state index contributed by atoms with van der Waals surface area (Å²) in [6, 6.07) is 13.0. The zero-order chi connectivity index (χ0) is 22.6. The Hall–Kier alpha value is -3.75. The van der Waals surface area contributed by atoms with Crippen molar-refractivity contribution in [2.45, 2.75) is 32.0 Å². The number of nitrogens with one attached hydrogen (secondary N) is 2. The molecule has 0 heterocycles. The van der Waals surface area contributed by atoms with E-state index in [-0.39, 0.29) is 31.9 Å². The minimum absolute atomic E-state index is 0.0171. The number of aliphatic carboxylic acids is 1. The van der Waals surface area contributed by atoms with Crippen LogP contribution in [0.5, 0.6) is 11.5 Å². The van der Waals surface area contributed by atoms with E-state index in [9.17, 15) is 19.5 Å². The number of amides is 2. The molecule has 166 valence electrons. The summed E-state index contributed by atoms with van der Waals surface area (Å²) < 4.78 is 15.4. The van der Waals surface area contributed by atoms with Crippen molar-refractivity contribution in [3.8, 4) is 11.5 Å². The number of methoxy groups -OCH3 is 2. The van der Waals surface area contributed by atoms with Crippen molar-refractivity contribution in [3.63, 3.8) is 0 Å². The summed E-state index contributed by atoms with van der Waals surface area (Å²) >= 11 is 0. The standard InChI is InChI=1S/C22H26N2O7/c1-29-17-9-8-16(19(12-17)30-2)13-23-20(25)11-10-18(21(26)27)24-22(28)31-14-15-6-4-3-5-7-15/h3-9,12,18H,10-11,13-14H2,1-2H3,(H,23,25)(H,24,28)(H,26,27)/t18-/m0/s1. The Kier molecular flexibility index (Phi) is 9.15. The van der Waals surface area contributed by atoms with Crippen molar-refractivity contribution in [1.29, 1.82) is 0 Å². The van der Waals surface area contributed by atoms with Crippen LogP contribution in [0.25, 0.3) is 0 Å². The molecule has 9 nitrogen and oxygen atoms in total. The highest BCUT2D eigenvalue weighted by Gasteiger charge is 2.22. The SMILES string of the molecule is COc1ccc(CNC(=O)CC[C@H](NC(=O)OCc2ccccc2)C(=O)O)c(OC)c1. The van der Waals surface area contributed by atoms with Gasteiger partial charge < -0.3 is 30.0 Å². The van der Waals surface area contributed by atoms with Gasteiger partial charge in [-0.3, -0.25) is 4.79 Å².